The lowest BCUT2D eigenvalue weighted by atomic mass is 10.1. The van der Waals surface area contributed by atoms with E-state index in [0.717, 1.165) is 24.9 Å². The topological polar surface area (TPSA) is 29.0 Å². The van der Waals surface area contributed by atoms with Crippen LogP contribution in [0.1, 0.15) is 24.4 Å². The average Bonchev–Trinajstić information content (AvgIpc) is 2.89. The molecular formula is C14H13ClFN3. The summed E-state index contributed by atoms with van der Waals surface area (Å²) < 4.78 is 14.0. The van der Waals surface area contributed by atoms with Gasteiger partial charge >= 0.3 is 0 Å². The van der Waals surface area contributed by atoms with Gasteiger partial charge in [0.1, 0.15) is 0 Å². The monoisotopic (exact) mass is 277 g/mol. The van der Waals surface area contributed by atoms with Crippen LogP contribution in [0.25, 0.3) is 0 Å². The Morgan fingerprint density at radius 2 is 2.11 bits per heavy atom. The van der Waals surface area contributed by atoms with E-state index in [-0.39, 0.29) is 11.9 Å². The third-order valence-corrected chi connectivity index (χ3v) is 3.61. The lowest BCUT2D eigenvalue weighted by Gasteiger charge is -2.26. The van der Waals surface area contributed by atoms with Crippen molar-refractivity contribution in [2.75, 3.05) is 11.4 Å². The van der Waals surface area contributed by atoms with Crippen LogP contribution in [-0.4, -0.2) is 16.5 Å². The first kappa shape index (κ1) is 12.4. The average molecular weight is 278 g/mol. The molecule has 0 saturated carbocycles. The summed E-state index contributed by atoms with van der Waals surface area (Å²) in [6.45, 7) is 0.804. The van der Waals surface area contributed by atoms with Crippen LogP contribution in [0.15, 0.2) is 36.8 Å². The molecule has 0 bridgehead atoms. The van der Waals surface area contributed by atoms with Crippen LogP contribution in [0.3, 0.4) is 0 Å². The number of hydrogen-bond acceptors (Lipinski definition) is 3. The molecule has 2 aromatic heterocycles. The van der Waals surface area contributed by atoms with Crippen LogP contribution >= 0.6 is 11.6 Å². The Bertz CT molecular complexity index is 576. The van der Waals surface area contributed by atoms with Gasteiger partial charge in [0.15, 0.2) is 11.6 Å². The molecule has 0 aromatic carbocycles. The number of aromatic nitrogens is 2. The van der Waals surface area contributed by atoms with Crippen molar-refractivity contribution >= 4 is 17.4 Å². The maximum atomic E-state index is 14.0. The number of anilines is 1. The molecule has 98 valence electrons. The first-order valence-electron chi connectivity index (χ1n) is 6.23. The Balaban J connectivity index is 1.95. The predicted molar refractivity (Wildman–Crippen MR) is 72.8 cm³/mol. The molecule has 3 rings (SSSR count). The van der Waals surface area contributed by atoms with Crippen LogP contribution in [0.5, 0.6) is 0 Å². The van der Waals surface area contributed by atoms with Crippen molar-refractivity contribution in [1.82, 2.24) is 9.97 Å². The highest BCUT2D eigenvalue weighted by molar-refractivity contribution is 6.30. The third-order valence-electron chi connectivity index (χ3n) is 3.40. The number of halogens is 2. The SMILES string of the molecule is Fc1cc(Cl)cnc1N1CCCC1c1ccncc1. The minimum Gasteiger partial charge on any atom is -0.347 e. The van der Waals surface area contributed by atoms with E-state index in [4.69, 9.17) is 11.6 Å². The second kappa shape index (κ2) is 5.13. The van der Waals surface area contributed by atoms with Crippen LogP contribution in [0, 0.1) is 5.82 Å². The Labute approximate surface area is 116 Å². The Morgan fingerprint density at radius 3 is 2.84 bits per heavy atom. The van der Waals surface area contributed by atoms with Gasteiger partial charge in [-0.1, -0.05) is 11.6 Å². The molecular weight excluding hydrogens is 265 g/mol. The van der Waals surface area contributed by atoms with Gasteiger partial charge in [-0.2, -0.15) is 0 Å². The summed E-state index contributed by atoms with van der Waals surface area (Å²) in [4.78, 5) is 10.2. The van der Waals surface area contributed by atoms with Crippen molar-refractivity contribution in [3.63, 3.8) is 0 Å². The first-order valence-corrected chi connectivity index (χ1v) is 6.61. The van der Waals surface area contributed by atoms with Crippen LogP contribution in [0.4, 0.5) is 10.2 Å². The van der Waals surface area contributed by atoms with Crippen LogP contribution in [0.2, 0.25) is 5.02 Å². The molecule has 3 nitrogen and oxygen atoms in total. The highest BCUT2D eigenvalue weighted by Gasteiger charge is 2.28. The van der Waals surface area contributed by atoms with Crippen molar-refractivity contribution in [1.29, 1.82) is 0 Å². The Hall–Kier alpha value is -1.68. The summed E-state index contributed by atoms with van der Waals surface area (Å²) >= 11 is 5.75. The molecule has 1 atom stereocenters. The number of hydrogen-bond donors (Lipinski definition) is 0. The Morgan fingerprint density at radius 1 is 1.32 bits per heavy atom. The van der Waals surface area contributed by atoms with E-state index < -0.39 is 0 Å². The third kappa shape index (κ3) is 2.40. The zero-order chi connectivity index (χ0) is 13.2. The molecule has 1 saturated heterocycles. The van der Waals surface area contributed by atoms with Gasteiger partial charge in [-0.15, -0.1) is 0 Å². The van der Waals surface area contributed by atoms with E-state index in [2.05, 4.69) is 9.97 Å². The molecule has 5 heteroatoms. The van der Waals surface area contributed by atoms with E-state index in [9.17, 15) is 4.39 Å². The minimum absolute atomic E-state index is 0.158. The van der Waals surface area contributed by atoms with Crippen LogP contribution < -0.4 is 4.90 Å². The first-order chi connectivity index (χ1) is 9.25. The van der Waals surface area contributed by atoms with E-state index in [0.29, 0.717) is 10.8 Å². The summed E-state index contributed by atoms with van der Waals surface area (Å²) in [6, 6.07) is 5.41. The summed E-state index contributed by atoms with van der Waals surface area (Å²) in [5.74, 6) is 0.0113. The van der Waals surface area contributed by atoms with Gasteiger partial charge < -0.3 is 4.90 Å². The molecule has 0 N–H and O–H groups in total. The maximum Gasteiger partial charge on any atom is 0.167 e. The highest BCUT2D eigenvalue weighted by Crippen LogP contribution is 2.36. The van der Waals surface area contributed by atoms with E-state index in [1.54, 1.807) is 12.4 Å². The molecule has 0 spiro atoms. The van der Waals surface area contributed by atoms with Gasteiger partial charge in [0.2, 0.25) is 0 Å². The van der Waals surface area contributed by atoms with E-state index in [1.165, 1.54) is 12.3 Å². The molecule has 0 radical (unpaired) electrons. The molecule has 0 amide bonds. The summed E-state index contributed by atoms with van der Waals surface area (Å²) in [5.41, 5.74) is 1.14. The largest absolute Gasteiger partial charge is 0.347 e. The van der Waals surface area contributed by atoms with Gasteiger partial charge in [0, 0.05) is 25.1 Å². The van der Waals surface area contributed by atoms with Crippen molar-refractivity contribution < 1.29 is 4.39 Å². The van der Waals surface area contributed by atoms with E-state index in [1.807, 2.05) is 17.0 Å². The van der Waals surface area contributed by atoms with Crippen LogP contribution in [-0.2, 0) is 0 Å². The fourth-order valence-corrected chi connectivity index (χ4v) is 2.72. The zero-order valence-electron chi connectivity index (χ0n) is 10.3. The Kier molecular flexibility index (Phi) is 3.34. The quantitative estimate of drug-likeness (QED) is 0.840. The van der Waals surface area contributed by atoms with Crippen molar-refractivity contribution in [2.24, 2.45) is 0 Å². The lowest BCUT2D eigenvalue weighted by Crippen LogP contribution is -2.24. The predicted octanol–water partition coefficient (Wildman–Crippen LogP) is 3.61. The standard InChI is InChI=1S/C14H13ClFN3/c15-11-8-12(16)14(18-9-11)19-7-1-2-13(19)10-3-5-17-6-4-10/h3-6,8-9,13H,1-2,7H2. The molecule has 2 aromatic rings. The number of rotatable bonds is 2. The molecule has 19 heavy (non-hydrogen) atoms. The second-order valence-corrected chi connectivity index (χ2v) is 5.03. The molecule has 1 fully saturated rings. The minimum atomic E-state index is -0.367. The molecule has 1 aliphatic rings. The normalized spacial score (nSPS) is 18.8. The second-order valence-electron chi connectivity index (χ2n) is 4.59. The van der Waals surface area contributed by atoms with Gasteiger partial charge in [0.25, 0.3) is 0 Å². The van der Waals surface area contributed by atoms with E-state index >= 15 is 0 Å². The molecule has 1 unspecified atom stereocenters. The van der Waals surface area contributed by atoms with Gasteiger partial charge in [-0.3, -0.25) is 4.98 Å². The fraction of sp³-hybridized carbons (Fsp3) is 0.286. The van der Waals surface area contributed by atoms with Crippen molar-refractivity contribution in [2.45, 2.75) is 18.9 Å². The molecule has 0 aliphatic carbocycles. The van der Waals surface area contributed by atoms with Gasteiger partial charge in [-0.05, 0) is 36.6 Å². The summed E-state index contributed by atoms with van der Waals surface area (Å²) in [5, 5.41) is 0.320. The maximum absolute atomic E-state index is 14.0. The lowest BCUT2D eigenvalue weighted by molar-refractivity contribution is 0.602. The molecule has 3 heterocycles. The summed E-state index contributed by atoms with van der Waals surface area (Å²) in [6.07, 6.45) is 7.03. The zero-order valence-corrected chi connectivity index (χ0v) is 11.0. The fourth-order valence-electron chi connectivity index (χ4n) is 2.57. The smallest absolute Gasteiger partial charge is 0.167 e. The summed E-state index contributed by atoms with van der Waals surface area (Å²) in [7, 11) is 0. The molecule has 1 aliphatic heterocycles. The van der Waals surface area contributed by atoms with Crippen molar-refractivity contribution in [3.8, 4) is 0 Å². The highest BCUT2D eigenvalue weighted by atomic mass is 35.5. The number of nitrogens with zero attached hydrogens (tertiary/aromatic N) is 3. The van der Waals surface area contributed by atoms with Gasteiger partial charge in [0.05, 0.1) is 11.1 Å². The van der Waals surface area contributed by atoms with Crippen molar-refractivity contribution in [3.05, 3.63) is 53.2 Å². The number of pyridine rings is 2. The van der Waals surface area contributed by atoms with Gasteiger partial charge in [-0.25, -0.2) is 9.37 Å².